The fraction of sp³-hybridized carbons (Fsp3) is 0.214. The Hall–Kier alpha value is -2.43. The van der Waals surface area contributed by atoms with Gasteiger partial charge in [-0.25, -0.2) is 9.97 Å². The average Bonchev–Trinajstić information content (AvgIpc) is 2.41. The van der Waals surface area contributed by atoms with Crippen molar-refractivity contribution in [2.45, 2.75) is 13.8 Å². The molecule has 5 nitrogen and oxygen atoms in total. The second kappa shape index (κ2) is 5.95. The van der Waals surface area contributed by atoms with Gasteiger partial charge in [0.2, 0.25) is 0 Å². The first-order valence-electron chi connectivity index (χ1n) is 6.03. The van der Waals surface area contributed by atoms with Crippen molar-refractivity contribution in [3.63, 3.8) is 0 Å². The van der Waals surface area contributed by atoms with Crippen molar-refractivity contribution in [2.24, 2.45) is 0 Å². The summed E-state index contributed by atoms with van der Waals surface area (Å²) in [6.45, 7) is 4.28. The Balaban J connectivity index is 2.06. The monoisotopic (exact) mass is 257 g/mol. The van der Waals surface area contributed by atoms with Gasteiger partial charge in [-0.05, 0) is 44.2 Å². The van der Waals surface area contributed by atoms with Crippen molar-refractivity contribution in [3.8, 4) is 5.75 Å². The van der Waals surface area contributed by atoms with Gasteiger partial charge in [-0.1, -0.05) is 0 Å². The van der Waals surface area contributed by atoms with Gasteiger partial charge in [0.15, 0.2) is 0 Å². The number of aromatic nitrogens is 2. The molecule has 0 aliphatic carbocycles. The largest absolute Gasteiger partial charge is 0.494 e. The van der Waals surface area contributed by atoms with Crippen LogP contribution >= 0.6 is 0 Å². The normalized spacial score (nSPS) is 10.0. The van der Waals surface area contributed by atoms with Crippen LogP contribution in [0.3, 0.4) is 0 Å². The van der Waals surface area contributed by atoms with Crippen molar-refractivity contribution in [1.82, 2.24) is 9.97 Å². The lowest BCUT2D eigenvalue weighted by molar-refractivity contribution is 0.102. The van der Waals surface area contributed by atoms with Gasteiger partial charge in [0, 0.05) is 11.9 Å². The van der Waals surface area contributed by atoms with Crippen LogP contribution in [-0.4, -0.2) is 22.5 Å². The third-order valence-corrected chi connectivity index (χ3v) is 2.43. The molecule has 0 saturated carbocycles. The predicted octanol–water partition coefficient (Wildman–Crippen LogP) is 2.44. The number of nitrogens with one attached hydrogen (secondary N) is 1. The number of anilines is 1. The summed E-state index contributed by atoms with van der Waals surface area (Å²) >= 11 is 0. The van der Waals surface area contributed by atoms with Crippen LogP contribution in [0.1, 0.15) is 23.2 Å². The van der Waals surface area contributed by atoms with E-state index in [0.717, 1.165) is 5.75 Å². The number of nitrogens with zero attached hydrogens (tertiary/aromatic N) is 2. The van der Waals surface area contributed by atoms with Crippen LogP contribution in [0, 0.1) is 6.92 Å². The highest BCUT2D eigenvalue weighted by molar-refractivity contribution is 6.02. The minimum absolute atomic E-state index is 0.255. The Labute approximate surface area is 111 Å². The maximum absolute atomic E-state index is 11.9. The van der Waals surface area contributed by atoms with Gasteiger partial charge < -0.3 is 10.1 Å². The molecule has 1 amide bonds. The second-order valence-corrected chi connectivity index (χ2v) is 3.90. The van der Waals surface area contributed by atoms with E-state index in [0.29, 0.717) is 23.8 Å². The number of benzene rings is 1. The maximum Gasteiger partial charge on any atom is 0.274 e. The summed E-state index contributed by atoms with van der Waals surface area (Å²) in [5.74, 6) is 1.09. The van der Waals surface area contributed by atoms with Crippen LogP contribution in [0.5, 0.6) is 5.75 Å². The van der Waals surface area contributed by atoms with Crippen LogP contribution < -0.4 is 10.1 Å². The fourth-order valence-electron chi connectivity index (χ4n) is 1.58. The zero-order valence-corrected chi connectivity index (χ0v) is 10.9. The first-order valence-corrected chi connectivity index (χ1v) is 6.03. The van der Waals surface area contributed by atoms with Crippen LogP contribution in [0.15, 0.2) is 36.5 Å². The molecular formula is C14H15N3O2. The molecule has 0 saturated heterocycles. The molecule has 0 unspecified atom stereocenters. The van der Waals surface area contributed by atoms with E-state index in [9.17, 15) is 4.79 Å². The van der Waals surface area contributed by atoms with Gasteiger partial charge in [0.1, 0.15) is 17.3 Å². The molecule has 19 heavy (non-hydrogen) atoms. The van der Waals surface area contributed by atoms with Crippen LogP contribution in [0.2, 0.25) is 0 Å². The summed E-state index contributed by atoms with van der Waals surface area (Å²) in [5.41, 5.74) is 1.05. The molecule has 2 aromatic rings. The highest BCUT2D eigenvalue weighted by Gasteiger charge is 2.07. The number of amides is 1. The fourth-order valence-corrected chi connectivity index (χ4v) is 1.58. The van der Waals surface area contributed by atoms with Gasteiger partial charge in [-0.15, -0.1) is 0 Å². The number of hydrogen-bond donors (Lipinski definition) is 1. The number of hydrogen-bond acceptors (Lipinski definition) is 4. The standard InChI is InChI=1S/C14H15N3O2/c1-3-19-12-6-4-11(5-7-12)17-14(18)13-8-9-15-10(2)16-13/h4-9H,3H2,1-2H3,(H,17,18). The van der Waals surface area contributed by atoms with Crippen molar-refractivity contribution in [2.75, 3.05) is 11.9 Å². The molecule has 0 spiro atoms. The lowest BCUT2D eigenvalue weighted by atomic mass is 10.3. The first-order chi connectivity index (χ1) is 9.19. The van der Waals surface area contributed by atoms with Crippen molar-refractivity contribution >= 4 is 11.6 Å². The molecule has 0 atom stereocenters. The van der Waals surface area contributed by atoms with E-state index in [1.807, 2.05) is 19.1 Å². The molecule has 0 radical (unpaired) electrons. The number of carbonyl (C=O) groups is 1. The first kappa shape index (κ1) is 13.0. The van der Waals surface area contributed by atoms with Gasteiger partial charge >= 0.3 is 0 Å². The van der Waals surface area contributed by atoms with E-state index in [-0.39, 0.29) is 5.91 Å². The Morgan fingerprint density at radius 3 is 2.63 bits per heavy atom. The van der Waals surface area contributed by atoms with Crippen LogP contribution in [-0.2, 0) is 0 Å². The zero-order valence-electron chi connectivity index (χ0n) is 10.9. The number of rotatable bonds is 4. The maximum atomic E-state index is 11.9. The minimum atomic E-state index is -0.255. The number of aryl methyl sites for hydroxylation is 1. The predicted molar refractivity (Wildman–Crippen MR) is 72.3 cm³/mol. The van der Waals surface area contributed by atoms with Gasteiger partial charge in [0.05, 0.1) is 6.61 Å². The van der Waals surface area contributed by atoms with Crippen molar-refractivity contribution < 1.29 is 9.53 Å². The molecular weight excluding hydrogens is 242 g/mol. The lowest BCUT2D eigenvalue weighted by Gasteiger charge is -2.06. The highest BCUT2D eigenvalue weighted by Crippen LogP contribution is 2.16. The molecule has 1 aromatic carbocycles. The minimum Gasteiger partial charge on any atom is -0.494 e. The van der Waals surface area contributed by atoms with E-state index in [1.165, 1.54) is 0 Å². The molecule has 0 aliphatic heterocycles. The van der Waals surface area contributed by atoms with Gasteiger partial charge in [0.25, 0.3) is 5.91 Å². The molecule has 1 N–H and O–H groups in total. The van der Waals surface area contributed by atoms with E-state index in [1.54, 1.807) is 31.3 Å². The molecule has 5 heteroatoms. The zero-order chi connectivity index (χ0) is 13.7. The highest BCUT2D eigenvalue weighted by atomic mass is 16.5. The van der Waals surface area contributed by atoms with Crippen molar-refractivity contribution in [3.05, 3.63) is 48.0 Å². The van der Waals surface area contributed by atoms with Gasteiger partial charge in [-0.2, -0.15) is 0 Å². The van der Waals surface area contributed by atoms with Crippen LogP contribution in [0.25, 0.3) is 0 Å². The Kier molecular flexibility index (Phi) is 4.07. The SMILES string of the molecule is CCOc1ccc(NC(=O)c2ccnc(C)n2)cc1. The Morgan fingerprint density at radius 1 is 1.26 bits per heavy atom. The summed E-state index contributed by atoms with van der Waals surface area (Å²) in [5, 5.41) is 2.77. The summed E-state index contributed by atoms with van der Waals surface area (Å²) < 4.78 is 5.33. The van der Waals surface area contributed by atoms with Crippen LogP contribution in [0.4, 0.5) is 5.69 Å². The number of ether oxygens (including phenoxy) is 1. The summed E-state index contributed by atoms with van der Waals surface area (Å²) in [6.07, 6.45) is 1.56. The quantitative estimate of drug-likeness (QED) is 0.913. The molecule has 0 aliphatic rings. The third-order valence-electron chi connectivity index (χ3n) is 2.43. The molecule has 0 bridgehead atoms. The topological polar surface area (TPSA) is 64.1 Å². The molecule has 1 heterocycles. The molecule has 1 aromatic heterocycles. The second-order valence-electron chi connectivity index (χ2n) is 3.90. The third kappa shape index (κ3) is 3.51. The molecule has 2 rings (SSSR count). The van der Waals surface area contributed by atoms with E-state index in [4.69, 9.17) is 4.74 Å². The van der Waals surface area contributed by atoms with E-state index < -0.39 is 0 Å². The average molecular weight is 257 g/mol. The van der Waals surface area contributed by atoms with E-state index in [2.05, 4.69) is 15.3 Å². The van der Waals surface area contributed by atoms with Crippen molar-refractivity contribution in [1.29, 1.82) is 0 Å². The summed E-state index contributed by atoms with van der Waals surface area (Å²) in [7, 11) is 0. The summed E-state index contributed by atoms with van der Waals surface area (Å²) in [6, 6.07) is 8.78. The molecule has 0 fully saturated rings. The lowest BCUT2D eigenvalue weighted by Crippen LogP contribution is -2.14. The number of carbonyl (C=O) groups excluding carboxylic acids is 1. The Morgan fingerprint density at radius 2 is 2.00 bits per heavy atom. The summed E-state index contributed by atoms with van der Waals surface area (Å²) in [4.78, 5) is 20.0. The Bertz CT molecular complexity index is 567. The molecule has 98 valence electrons. The van der Waals surface area contributed by atoms with Gasteiger partial charge in [-0.3, -0.25) is 4.79 Å². The smallest absolute Gasteiger partial charge is 0.274 e. The van der Waals surface area contributed by atoms with E-state index >= 15 is 0 Å².